The van der Waals surface area contributed by atoms with Crippen molar-refractivity contribution in [2.24, 2.45) is 5.92 Å². The molecule has 0 aromatic carbocycles. The van der Waals surface area contributed by atoms with E-state index in [0.717, 1.165) is 32.5 Å². The number of nitrogens with zero attached hydrogens (tertiary/aromatic N) is 1. The summed E-state index contributed by atoms with van der Waals surface area (Å²) in [4.78, 5) is 13.4. The fourth-order valence-electron chi connectivity index (χ4n) is 1.66. The first-order valence-corrected chi connectivity index (χ1v) is 4.97. The molecule has 0 atom stereocenters. The zero-order valence-corrected chi connectivity index (χ0v) is 8.88. The van der Waals surface area contributed by atoms with Crippen LogP contribution >= 0.6 is 0 Å². The first-order chi connectivity index (χ1) is 6.24. The van der Waals surface area contributed by atoms with E-state index in [1.165, 1.54) is 0 Å². The fraction of sp³-hybridized carbons (Fsp3) is 0.727. The highest BCUT2D eigenvalue weighted by molar-refractivity contribution is 5.78. The van der Waals surface area contributed by atoms with Crippen molar-refractivity contribution < 1.29 is 4.79 Å². The Balaban J connectivity index is 0.000000671. The Morgan fingerprint density at radius 3 is 2.15 bits per heavy atom. The highest BCUT2D eigenvalue weighted by Crippen LogP contribution is 2.17. The average Bonchev–Trinajstić information content (AvgIpc) is 2.21. The second kappa shape index (κ2) is 6.84. The molecule has 2 heteroatoms. The summed E-state index contributed by atoms with van der Waals surface area (Å²) >= 11 is 0. The van der Waals surface area contributed by atoms with Crippen molar-refractivity contribution in [3.8, 4) is 0 Å². The highest BCUT2D eigenvalue weighted by Gasteiger charge is 2.20. The van der Waals surface area contributed by atoms with E-state index in [2.05, 4.69) is 25.0 Å². The van der Waals surface area contributed by atoms with Crippen LogP contribution in [0.2, 0.25) is 0 Å². The molecule has 1 heterocycles. The molecule has 1 aliphatic rings. The highest BCUT2D eigenvalue weighted by atomic mass is 16.1. The first-order valence-electron chi connectivity index (χ1n) is 4.97. The largest absolute Gasteiger partial charge is 0.304 e. The van der Waals surface area contributed by atoms with Crippen molar-refractivity contribution in [3.05, 3.63) is 13.2 Å². The number of carbonyl (C=O) groups is 1. The zero-order valence-electron chi connectivity index (χ0n) is 8.88. The minimum Gasteiger partial charge on any atom is -0.304 e. The lowest BCUT2D eigenvalue weighted by atomic mass is 9.93. The summed E-state index contributed by atoms with van der Waals surface area (Å²) in [6.45, 7) is 13.2. The fourth-order valence-corrected chi connectivity index (χ4v) is 1.66. The second-order valence-corrected chi connectivity index (χ2v) is 3.32. The molecule has 0 saturated carbocycles. The molecule has 0 spiro atoms. The number of carbonyl (C=O) groups excluding carboxylic acids is 1. The van der Waals surface area contributed by atoms with Gasteiger partial charge in [0.05, 0.1) is 0 Å². The van der Waals surface area contributed by atoms with Gasteiger partial charge in [-0.05, 0) is 39.4 Å². The van der Waals surface area contributed by atoms with Crippen molar-refractivity contribution >= 4 is 5.78 Å². The topological polar surface area (TPSA) is 20.3 Å². The smallest absolute Gasteiger partial charge is 0.133 e. The van der Waals surface area contributed by atoms with Crippen LogP contribution in [0.3, 0.4) is 0 Å². The van der Waals surface area contributed by atoms with E-state index in [1.54, 1.807) is 6.92 Å². The molecule has 0 unspecified atom stereocenters. The predicted octanol–water partition coefficient (Wildman–Crippen LogP) is 2.11. The van der Waals surface area contributed by atoms with Crippen LogP contribution in [0.4, 0.5) is 0 Å². The lowest BCUT2D eigenvalue weighted by Crippen LogP contribution is -2.35. The molecule has 0 aromatic rings. The van der Waals surface area contributed by atoms with Gasteiger partial charge in [0.25, 0.3) is 0 Å². The van der Waals surface area contributed by atoms with Crippen LogP contribution in [0.15, 0.2) is 13.2 Å². The molecule has 1 aliphatic heterocycles. The van der Waals surface area contributed by atoms with Crippen LogP contribution in [0.5, 0.6) is 0 Å². The van der Waals surface area contributed by atoms with E-state index in [1.807, 2.05) is 0 Å². The van der Waals surface area contributed by atoms with E-state index in [4.69, 9.17) is 0 Å². The maximum Gasteiger partial charge on any atom is 0.133 e. The van der Waals surface area contributed by atoms with Crippen LogP contribution in [0, 0.1) is 5.92 Å². The summed E-state index contributed by atoms with van der Waals surface area (Å²) in [6.07, 6.45) is 2.15. The summed E-state index contributed by atoms with van der Waals surface area (Å²) in [6, 6.07) is 0. The molecular formula is C11H21NO. The molecule has 0 radical (unpaired) electrons. The van der Waals surface area contributed by atoms with Crippen molar-refractivity contribution in [1.82, 2.24) is 4.90 Å². The van der Waals surface area contributed by atoms with Crippen LogP contribution in [0.1, 0.15) is 26.7 Å². The van der Waals surface area contributed by atoms with Crippen LogP contribution in [-0.2, 0) is 4.79 Å². The maximum atomic E-state index is 11.0. The molecule has 0 N–H and O–H groups in total. The molecular weight excluding hydrogens is 162 g/mol. The number of rotatable bonds is 2. The minimum absolute atomic E-state index is 0.359. The molecule has 13 heavy (non-hydrogen) atoms. The van der Waals surface area contributed by atoms with Crippen LogP contribution < -0.4 is 0 Å². The average molecular weight is 183 g/mol. The normalized spacial score (nSPS) is 18.9. The third kappa shape index (κ3) is 4.23. The minimum atomic E-state index is 0.359. The standard InChI is InChI=1S/C9H17NO.C2H4/c1-3-10-6-4-9(5-7-10)8(2)11;1-2/h9H,3-7H2,1-2H3;1-2H2. The van der Waals surface area contributed by atoms with Gasteiger partial charge in [0, 0.05) is 5.92 Å². The van der Waals surface area contributed by atoms with Gasteiger partial charge in [-0.3, -0.25) is 4.79 Å². The van der Waals surface area contributed by atoms with Crippen molar-refractivity contribution in [2.75, 3.05) is 19.6 Å². The molecule has 0 aromatic heterocycles. The molecule has 1 fully saturated rings. The van der Waals surface area contributed by atoms with Gasteiger partial charge in [-0.1, -0.05) is 6.92 Å². The van der Waals surface area contributed by atoms with Gasteiger partial charge in [-0.25, -0.2) is 0 Å². The number of likely N-dealkylation sites (tertiary alicyclic amines) is 1. The van der Waals surface area contributed by atoms with Gasteiger partial charge in [0.2, 0.25) is 0 Å². The van der Waals surface area contributed by atoms with Crippen LogP contribution in [-0.4, -0.2) is 30.3 Å². The predicted molar refractivity (Wildman–Crippen MR) is 56.8 cm³/mol. The van der Waals surface area contributed by atoms with E-state index in [-0.39, 0.29) is 0 Å². The van der Waals surface area contributed by atoms with E-state index < -0.39 is 0 Å². The third-order valence-corrected chi connectivity index (χ3v) is 2.61. The molecule has 1 saturated heterocycles. The number of Topliss-reactive ketones (excluding diaryl/α,β-unsaturated/α-hetero) is 1. The SMILES string of the molecule is C=C.CCN1CCC(C(C)=O)CC1. The summed E-state index contributed by atoms with van der Waals surface area (Å²) in [7, 11) is 0. The van der Waals surface area contributed by atoms with Gasteiger partial charge in [-0.15, -0.1) is 13.2 Å². The Bertz CT molecular complexity index is 148. The molecule has 1 rings (SSSR count). The van der Waals surface area contributed by atoms with Crippen LogP contribution in [0.25, 0.3) is 0 Å². The Kier molecular flexibility index (Phi) is 6.51. The number of ketones is 1. The second-order valence-electron chi connectivity index (χ2n) is 3.32. The van der Waals surface area contributed by atoms with Crippen molar-refractivity contribution in [1.29, 1.82) is 0 Å². The zero-order chi connectivity index (χ0) is 10.3. The van der Waals surface area contributed by atoms with Gasteiger partial charge in [-0.2, -0.15) is 0 Å². The van der Waals surface area contributed by atoms with Gasteiger partial charge < -0.3 is 4.90 Å². The van der Waals surface area contributed by atoms with Gasteiger partial charge >= 0.3 is 0 Å². The van der Waals surface area contributed by atoms with Crippen molar-refractivity contribution in [3.63, 3.8) is 0 Å². The van der Waals surface area contributed by atoms with E-state index in [0.29, 0.717) is 11.7 Å². The maximum absolute atomic E-state index is 11.0. The van der Waals surface area contributed by atoms with E-state index in [9.17, 15) is 4.79 Å². The summed E-state index contributed by atoms with van der Waals surface area (Å²) in [5.41, 5.74) is 0. The molecule has 2 nitrogen and oxygen atoms in total. The quantitative estimate of drug-likeness (QED) is 0.611. The molecule has 0 amide bonds. The molecule has 0 aliphatic carbocycles. The molecule has 76 valence electrons. The lowest BCUT2D eigenvalue weighted by molar-refractivity contribution is -0.122. The lowest BCUT2D eigenvalue weighted by Gasteiger charge is -2.29. The summed E-state index contributed by atoms with van der Waals surface area (Å²) in [5, 5.41) is 0. The third-order valence-electron chi connectivity index (χ3n) is 2.61. The van der Waals surface area contributed by atoms with E-state index >= 15 is 0 Å². The monoisotopic (exact) mass is 183 g/mol. The van der Waals surface area contributed by atoms with Gasteiger partial charge in [0.1, 0.15) is 5.78 Å². The number of hydrogen-bond acceptors (Lipinski definition) is 2. The number of piperidine rings is 1. The molecule has 0 bridgehead atoms. The first kappa shape index (κ1) is 12.4. The Hall–Kier alpha value is -0.630. The summed E-state index contributed by atoms with van der Waals surface area (Å²) in [5.74, 6) is 0.735. The van der Waals surface area contributed by atoms with Gasteiger partial charge in [0.15, 0.2) is 0 Å². The number of hydrogen-bond donors (Lipinski definition) is 0. The Morgan fingerprint density at radius 2 is 1.85 bits per heavy atom. The Labute approximate surface area is 81.6 Å². The van der Waals surface area contributed by atoms with Crippen molar-refractivity contribution in [2.45, 2.75) is 26.7 Å². The summed E-state index contributed by atoms with van der Waals surface area (Å²) < 4.78 is 0. The Morgan fingerprint density at radius 1 is 1.38 bits per heavy atom.